The van der Waals surface area contributed by atoms with Gasteiger partial charge in [0.15, 0.2) is 11.6 Å². The van der Waals surface area contributed by atoms with Gasteiger partial charge in [-0.3, -0.25) is 4.90 Å². The Balaban J connectivity index is 1.82. The zero-order valence-electron chi connectivity index (χ0n) is 15.5. The van der Waals surface area contributed by atoms with E-state index in [4.69, 9.17) is 0 Å². The third-order valence-electron chi connectivity index (χ3n) is 5.30. The number of benzene rings is 2. The van der Waals surface area contributed by atoms with E-state index >= 15 is 0 Å². The average Bonchev–Trinajstić information content (AvgIpc) is 3.04. The lowest BCUT2D eigenvalue weighted by Crippen LogP contribution is -2.30. The number of rotatable bonds is 3. The van der Waals surface area contributed by atoms with Crippen molar-refractivity contribution in [2.75, 3.05) is 6.54 Å². The van der Waals surface area contributed by atoms with Gasteiger partial charge in [0.05, 0.1) is 6.04 Å². The monoisotopic (exact) mass is 386 g/mol. The minimum Gasteiger partial charge on any atom is -0.508 e. The van der Waals surface area contributed by atoms with E-state index in [9.17, 15) is 18.3 Å². The molecule has 0 amide bonds. The molecular formula is C22H21F3N2O. The summed E-state index contributed by atoms with van der Waals surface area (Å²) in [6, 6.07) is 10.0. The van der Waals surface area contributed by atoms with E-state index < -0.39 is 23.5 Å². The molecule has 1 aromatic heterocycles. The average molecular weight is 386 g/mol. The van der Waals surface area contributed by atoms with Crippen LogP contribution in [0.15, 0.2) is 48.7 Å². The molecule has 0 spiro atoms. The zero-order valence-corrected chi connectivity index (χ0v) is 15.5. The van der Waals surface area contributed by atoms with Crippen LogP contribution in [0, 0.1) is 24.4 Å². The number of hydrogen-bond donors (Lipinski definition) is 1. The molecule has 1 aliphatic rings. The van der Waals surface area contributed by atoms with Crippen LogP contribution in [0.4, 0.5) is 13.2 Å². The number of nitrogens with zero attached hydrogens (tertiary/aromatic N) is 2. The highest BCUT2D eigenvalue weighted by molar-refractivity contribution is 5.37. The molecule has 3 aromatic rings. The molecule has 6 heteroatoms. The molecule has 0 bridgehead atoms. The van der Waals surface area contributed by atoms with Gasteiger partial charge in [-0.15, -0.1) is 0 Å². The fraction of sp³-hybridized carbons (Fsp3) is 0.273. The summed E-state index contributed by atoms with van der Waals surface area (Å²) in [6.45, 7) is 3.67. The highest BCUT2D eigenvalue weighted by Crippen LogP contribution is 2.36. The lowest BCUT2D eigenvalue weighted by molar-refractivity contribution is 0.213. The smallest absolute Gasteiger partial charge is 0.161 e. The molecule has 0 saturated carbocycles. The number of fused-ring (bicyclic) bond motifs is 1. The SMILES string of the molecule is Cc1ccc(O)c(CN2CCCn3cccc3[C@@H]2c2cc(F)c(F)cc2F)c1. The summed E-state index contributed by atoms with van der Waals surface area (Å²) < 4.78 is 44.2. The van der Waals surface area contributed by atoms with Gasteiger partial charge in [0.2, 0.25) is 0 Å². The summed E-state index contributed by atoms with van der Waals surface area (Å²) in [5.41, 5.74) is 2.62. The third kappa shape index (κ3) is 3.40. The molecule has 146 valence electrons. The summed E-state index contributed by atoms with van der Waals surface area (Å²) in [5, 5.41) is 10.3. The normalized spacial score (nSPS) is 17.4. The Morgan fingerprint density at radius 2 is 1.79 bits per heavy atom. The van der Waals surface area contributed by atoms with Crippen LogP contribution in [0.25, 0.3) is 0 Å². The van der Waals surface area contributed by atoms with E-state index in [1.807, 2.05) is 46.9 Å². The van der Waals surface area contributed by atoms with Crippen molar-refractivity contribution >= 4 is 0 Å². The molecule has 0 unspecified atom stereocenters. The van der Waals surface area contributed by atoms with Gasteiger partial charge in [0.25, 0.3) is 0 Å². The lowest BCUT2D eigenvalue weighted by Gasteiger charge is -2.31. The number of phenols is 1. The van der Waals surface area contributed by atoms with Crippen LogP contribution in [0.2, 0.25) is 0 Å². The van der Waals surface area contributed by atoms with Crippen molar-refractivity contribution in [3.05, 3.63) is 88.5 Å². The molecule has 1 aliphatic heterocycles. The van der Waals surface area contributed by atoms with Gasteiger partial charge >= 0.3 is 0 Å². The van der Waals surface area contributed by atoms with Gasteiger partial charge in [-0.2, -0.15) is 0 Å². The molecule has 3 nitrogen and oxygen atoms in total. The first-order valence-corrected chi connectivity index (χ1v) is 9.26. The van der Waals surface area contributed by atoms with Gasteiger partial charge in [-0.05, 0) is 37.6 Å². The molecule has 2 heterocycles. The number of halogens is 3. The minimum absolute atomic E-state index is 0.0906. The topological polar surface area (TPSA) is 28.4 Å². The first-order valence-electron chi connectivity index (χ1n) is 9.26. The van der Waals surface area contributed by atoms with Crippen molar-refractivity contribution in [2.24, 2.45) is 0 Å². The van der Waals surface area contributed by atoms with Gasteiger partial charge in [0.1, 0.15) is 11.6 Å². The summed E-state index contributed by atoms with van der Waals surface area (Å²) >= 11 is 0. The molecule has 0 fully saturated rings. The summed E-state index contributed by atoms with van der Waals surface area (Å²) in [4.78, 5) is 2.00. The second-order valence-corrected chi connectivity index (χ2v) is 7.27. The van der Waals surface area contributed by atoms with Gasteiger partial charge < -0.3 is 9.67 Å². The fourth-order valence-electron chi connectivity index (χ4n) is 3.97. The highest BCUT2D eigenvalue weighted by atomic mass is 19.2. The van der Waals surface area contributed by atoms with Crippen molar-refractivity contribution < 1.29 is 18.3 Å². The first-order chi connectivity index (χ1) is 13.4. The van der Waals surface area contributed by atoms with E-state index in [0.29, 0.717) is 24.7 Å². The molecule has 2 aromatic carbocycles. The number of aromatic hydroxyl groups is 1. The second-order valence-electron chi connectivity index (χ2n) is 7.27. The Kier molecular flexibility index (Phi) is 4.89. The summed E-state index contributed by atoms with van der Waals surface area (Å²) in [5.74, 6) is -2.89. The Morgan fingerprint density at radius 3 is 2.61 bits per heavy atom. The maximum atomic E-state index is 14.7. The predicted octanol–water partition coefficient (Wildman–Crippen LogP) is 4.91. The van der Waals surface area contributed by atoms with Crippen LogP contribution < -0.4 is 0 Å². The standard InChI is InChI=1S/C22H21F3N2O/c1-14-5-6-21(28)15(10-14)13-27-9-3-8-26-7-2-4-20(26)22(27)16-11-18(24)19(25)12-17(16)23/h2,4-7,10-12,22,28H,3,8-9,13H2,1H3/t22-/m0/s1. The largest absolute Gasteiger partial charge is 0.508 e. The van der Waals surface area contributed by atoms with Gasteiger partial charge in [0, 0.05) is 48.7 Å². The fourth-order valence-corrected chi connectivity index (χ4v) is 3.97. The molecular weight excluding hydrogens is 365 g/mol. The Bertz CT molecular complexity index is 1020. The lowest BCUT2D eigenvalue weighted by atomic mass is 9.99. The minimum atomic E-state index is -1.20. The summed E-state index contributed by atoms with van der Waals surface area (Å²) in [6.07, 6.45) is 2.73. The second kappa shape index (κ2) is 7.36. The summed E-state index contributed by atoms with van der Waals surface area (Å²) in [7, 11) is 0. The highest BCUT2D eigenvalue weighted by Gasteiger charge is 2.31. The Morgan fingerprint density at radius 1 is 1.00 bits per heavy atom. The van der Waals surface area contributed by atoms with Crippen molar-refractivity contribution in [1.82, 2.24) is 9.47 Å². The zero-order chi connectivity index (χ0) is 19.8. The Hall–Kier alpha value is -2.73. The van der Waals surface area contributed by atoms with Crippen molar-refractivity contribution in [3.63, 3.8) is 0 Å². The maximum absolute atomic E-state index is 14.7. The first kappa shape index (κ1) is 18.6. The maximum Gasteiger partial charge on any atom is 0.161 e. The van der Waals surface area contributed by atoms with E-state index in [-0.39, 0.29) is 11.3 Å². The van der Waals surface area contributed by atoms with E-state index in [1.165, 1.54) is 0 Å². The number of aryl methyl sites for hydroxylation is 2. The van der Waals surface area contributed by atoms with E-state index in [0.717, 1.165) is 30.3 Å². The molecule has 1 atom stereocenters. The van der Waals surface area contributed by atoms with Gasteiger partial charge in [-0.25, -0.2) is 13.2 Å². The molecule has 0 aliphatic carbocycles. The molecule has 0 radical (unpaired) electrons. The van der Waals surface area contributed by atoms with Crippen LogP contribution >= 0.6 is 0 Å². The van der Waals surface area contributed by atoms with Crippen molar-refractivity contribution in [2.45, 2.75) is 32.5 Å². The third-order valence-corrected chi connectivity index (χ3v) is 5.30. The molecule has 1 N–H and O–H groups in total. The number of aromatic nitrogens is 1. The predicted molar refractivity (Wildman–Crippen MR) is 100 cm³/mol. The molecule has 4 rings (SSSR count). The van der Waals surface area contributed by atoms with Crippen molar-refractivity contribution in [3.8, 4) is 5.75 Å². The Labute approximate surface area is 161 Å². The van der Waals surface area contributed by atoms with Crippen LogP contribution in [0.1, 0.15) is 34.8 Å². The number of hydrogen-bond acceptors (Lipinski definition) is 2. The van der Waals surface area contributed by atoms with Crippen LogP contribution in [0.5, 0.6) is 5.75 Å². The van der Waals surface area contributed by atoms with E-state index in [1.54, 1.807) is 6.07 Å². The molecule has 0 saturated heterocycles. The molecule has 28 heavy (non-hydrogen) atoms. The van der Waals surface area contributed by atoms with Crippen LogP contribution in [-0.4, -0.2) is 21.1 Å². The van der Waals surface area contributed by atoms with E-state index in [2.05, 4.69) is 0 Å². The van der Waals surface area contributed by atoms with Crippen LogP contribution in [-0.2, 0) is 13.1 Å². The van der Waals surface area contributed by atoms with Gasteiger partial charge in [-0.1, -0.05) is 17.7 Å². The van der Waals surface area contributed by atoms with Crippen molar-refractivity contribution in [1.29, 1.82) is 0 Å². The van der Waals surface area contributed by atoms with Crippen LogP contribution in [0.3, 0.4) is 0 Å². The number of phenolic OH excluding ortho intramolecular Hbond substituents is 1. The quantitative estimate of drug-likeness (QED) is 0.648.